The molecule has 2 heterocycles. The predicted octanol–water partition coefficient (Wildman–Crippen LogP) is 1.64. The molecule has 126 valence electrons. The molecule has 3 aliphatic rings. The van der Waals surface area contributed by atoms with Crippen molar-refractivity contribution < 1.29 is 13.2 Å². The lowest BCUT2D eigenvalue weighted by Gasteiger charge is -2.30. The lowest BCUT2D eigenvalue weighted by Crippen LogP contribution is -2.43. The lowest BCUT2D eigenvalue weighted by atomic mass is 9.92. The van der Waals surface area contributed by atoms with Gasteiger partial charge in [-0.3, -0.25) is 0 Å². The van der Waals surface area contributed by atoms with Gasteiger partial charge in [-0.1, -0.05) is 6.07 Å². The summed E-state index contributed by atoms with van der Waals surface area (Å²) >= 11 is 0. The van der Waals surface area contributed by atoms with E-state index in [9.17, 15) is 8.42 Å². The summed E-state index contributed by atoms with van der Waals surface area (Å²) in [5.74, 6) is 1.86. The third kappa shape index (κ3) is 3.22. The van der Waals surface area contributed by atoms with Crippen molar-refractivity contribution in [3.63, 3.8) is 0 Å². The molecular formula is C16H23N3O3S. The fraction of sp³-hybridized carbons (Fsp3) is 0.688. The summed E-state index contributed by atoms with van der Waals surface area (Å²) in [7, 11) is -3.54. The van der Waals surface area contributed by atoms with E-state index in [4.69, 9.17) is 9.88 Å². The summed E-state index contributed by atoms with van der Waals surface area (Å²) in [6.07, 6.45) is 5.36. The first-order valence-electron chi connectivity index (χ1n) is 8.34. The Labute approximate surface area is 137 Å². The monoisotopic (exact) mass is 337 g/mol. The van der Waals surface area contributed by atoms with Gasteiger partial charge in [-0.05, 0) is 49.5 Å². The molecule has 1 aromatic heterocycles. The highest BCUT2D eigenvalue weighted by Crippen LogP contribution is 2.59. The average molecular weight is 337 g/mol. The van der Waals surface area contributed by atoms with Crippen LogP contribution in [0.25, 0.3) is 0 Å². The molecule has 0 unspecified atom stereocenters. The standard InChI is InChI=1S/C16H23N3O3S/c17-23(20,21)19-8-6-16(7-9-19)10-13(16)11-22-15-3-1-2-14(18-15)12-4-5-12/h1-3,12-13H,4-11H2,(H2,17,20,21)/t13-/m0/s1. The van der Waals surface area contributed by atoms with Crippen LogP contribution >= 0.6 is 0 Å². The summed E-state index contributed by atoms with van der Waals surface area (Å²) in [6, 6.07) is 6.01. The number of ether oxygens (including phenoxy) is 1. The van der Waals surface area contributed by atoms with Crippen molar-refractivity contribution >= 4 is 10.2 Å². The van der Waals surface area contributed by atoms with Gasteiger partial charge in [0, 0.05) is 30.8 Å². The van der Waals surface area contributed by atoms with E-state index in [1.807, 2.05) is 12.1 Å². The first-order valence-corrected chi connectivity index (χ1v) is 9.84. The van der Waals surface area contributed by atoms with Crippen LogP contribution in [0.3, 0.4) is 0 Å². The van der Waals surface area contributed by atoms with Crippen LogP contribution in [0.15, 0.2) is 18.2 Å². The first-order chi connectivity index (χ1) is 11.0. The second-order valence-electron chi connectivity index (χ2n) is 7.19. The maximum Gasteiger partial charge on any atom is 0.276 e. The Bertz CT molecular complexity index is 694. The Balaban J connectivity index is 1.30. The molecule has 0 radical (unpaired) electrons. The number of hydrogen-bond donors (Lipinski definition) is 1. The molecule has 6 nitrogen and oxygen atoms in total. The minimum absolute atomic E-state index is 0.259. The molecule has 0 bridgehead atoms. The van der Waals surface area contributed by atoms with Crippen LogP contribution in [0.5, 0.6) is 5.88 Å². The second kappa shape index (κ2) is 5.43. The zero-order chi connectivity index (χ0) is 16.1. The van der Waals surface area contributed by atoms with Crippen molar-refractivity contribution in [2.75, 3.05) is 19.7 Å². The SMILES string of the molecule is NS(=O)(=O)N1CCC2(CC1)C[C@H]2COc1cccc(C2CC2)n1. The third-order valence-electron chi connectivity index (χ3n) is 5.61. The highest BCUT2D eigenvalue weighted by atomic mass is 32.2. The maximum absolute atomic E-state index is 11.4. The summed E-state index contributed by atoms with van der Waals surface area (Å²) in [6.45, 7) is 1.74. The smallest absolute Gasteiger partial charge is 0.276 e. The average Bonchev–Trinajstić information content (AvgIpc) is 3.42. The molecular weight excluding hydrogens is 314 g/mol. The maximum atomic E-state index is 11.4. The quantitative estimate of drug-likeness (QED) is 0.885. The molecule has 3 fully saturated rings. The Morgan fingerprint density at radius 3 is 2.70 bits per heavy atom. The van der Waals surface area contributed by atoms with Gasteiger partial charge in [0.2, 0.25) is 5.88 Å². The van der Waals surface area contributed by atoms with Gasteiger partial charge in [0.25, 0.3) is 10.2 Å². The zero-order valence-corrected chi connectivity index (χ0v) is 14.0. The third-order valence-corrected chi connectivity index (χ3v) is 6.69. The van der Waals surface area contributed by atoms with Gasteiger partial charge >= 0.3 is 0 Å². The number of rotatable bonds is 5. The summed E-state index contributed by atoms with van der Waals surface area (Å²) in [5, 5.41) is 5.20. The van der Waals surface area contributed by atoms with Crippen molar-refractivity contribution in [1.29, 1.82) is 0 Å². The molecule has 23 heavy (non-hydrogen) atoms. The van der Waals surface area contributed by atoms with Crippen LogP contribution in [-0.4, -0.2) is 37.4 Å². The number of nitrogens with zero attached hydrogens (tertiary/aromatic N) is 2. The molecule has 0 aromatic carbocycles. The van der Waals surface area contributed by atoms with Gasteiger partial charge in [0.05, 0.1) is 6.61 Å². The van der Waals surface area contributed by atoms with Crippen molar-refractivity contribution in [3.05, 3.63) is 23.9 Å². The van der Waals surface area contributed by atoms with E-state index < -0.39 is 10.2 Å². The number of aromatic nitrogens is 1. The van der Waals surface area contributed by atoms with E-state index in [0.717, 1.165) is 30.8 Å². The Kier molecular flexibility index (Phi) is 3.62. The van der Waals surface area contributed by atoms with Crippen LogP contribution in [0.4, 0.5) is 0 Å². The number of piperidine rings is 1. The Hall–Kier alpha value is -1.18. The minimum Gasteiger partial charge on any atom is -0.477 e. The molecule has 1 spiro atoms. The molecule has 7 heteroatoms. The van der Waals surface area contributed by atoms with Crippen LogP contribution in [-0.2, 0) is 10.2 Å². The molecule has 1 aliphatic heterocycles. The lowest BCUT2D eigenvalue weighted by molar-refractivity contribution is 0.205. The van der Waals surface area contributed by atoms with Gasteiger partial charge in [0.1, 0.15) is 0 Å². The summed E-state index contributed by atoms with van der Waals surface area (Å²) in [4.78, 5) is 4.59. The van der Waals surface area contributed by atoms with Crippen LogP contribution < -0.4 is 9.88 Å². The van der Waals surface area contributed by atoms with Gasteiger partial charge < -0.3 is 4.74 Å². The Morgan fingerprint density at radius 2 is 2.04 bits per heavy atom. The topological polar surface area (TPSA) is 85.5 Å². The molecule has 1 atom stereocenters. The van der Waals surface area contributed by atoms with Crippen molar-refractivity contribution in [1.82, 2.24) is 9.29 Å². The van der Waals surface area contributed by atoms with Gasteiger partial charge in [-0.15, -0.1) is 0 Å². The molecule has 1 saturated heterocycles. The van der Waals surface area contributed by atoms with Crippen molar-refractivity contribution in [2.45, 2.75) is 38.0 Å². The number of pyridine rings is 1. The van der Waals surface area contributed by atoms with Crippen LogP contribution in [0, 0.1) is 11.3 Å². The van der Waals surface area contributed by atoms with Crippen molar-refractivity contribution in [2.24, 2.45) is 16.5 Å². The molecule has 0 amide bonds. The predicted molar refractivity (Wildman–Crippen MR) is 86.2 cm³/mol. The molecule has 4 rings (SSSR count). The zero-order valence-electron chi connectivity index (χ0n) is 13.1. The fourth-order valence-electron chi connectivity index (χ4n) is 3.77. The van der Waals surface area contributed by atoms with E-state index in [1.165, 1.54) is 17.1 Å². The normalized spacial score (nSPS) is 27.1. The van der Waals surface area contributed by atoms with E-state index in [0.29, 0.717) is 31.5 Å². The van der Waals surface area contributed by atoms with Gasteiger partial charge in [-0.2, -0.15) is 12.7 Å². The molecule has 2 N–H and O–H groups in total. The van der Waals surface area contributed by atoms with Gasteiger partial charge in [-0.25, -0.2) is 10.1 Å². The summed E-state index contributed by atoms with van der Waals surface area (Å²) < 4.78 is 30.0. The van der Waals surface area contributed by atoms with E-state index in [-0.39, 0.29) is 5.41 Å². The molecule has 1 aromatic rings. The summed E-state index contributed by atoms with van der Waals surface area (Å²) in [5.41, 5.74) is 1.41. The van der Waals surface area contributed by atoms with E-state index in [1.54, 1.807) is 0 Å². The molecule has 2 saturated carbocycles. The Morgan fingerprint density at radius 1 is 1.30 bits per heavy atom. The largest absolute Gasteiger partial charge is 0.477 e. The highest BCUT2D eigenvalue weighted by molar-refractivity contribution is 7.86. The van der Waals surface area contributed by atoms with Crippen LogP contribution in [0.2, 0.25) is 0 Å². The minimum atomic E-state index is -3.54. The van der Waals surface area contributed by atoms with Crippen molar-refractivity contribution in [3.8, 4) is 5.88 Å². The number of hydrogen-bond acceptors (Lipinski definition) is 4. The van der Waals surface area contributed by atoms with E-state index >= 15 is 0 Å². The highest BCUT2D eigenvalue weighted by Gasteiger charge is 2.55. The first kappa shape index (κ1) is 15.4. The van der Waals surface area contributed by atoms with E-state index in [2.05, 4.69) is 11.1 Å². The van der Waals surface area contributed by atoms with Gasteiger partial charge in [0.15, 0.2) is 0 Å². The number of nitrogens with two attached hydrogens (primary N) is 1. The molecule has 2 aliphatic carbocycles. The fourth-order valence-corrected chi connectivity index (χ4v) is 4.46. The van der Waals surface area contributed by atoms with Crippen LogP contribution in [0.1, 0.15) is 43.7 Å². The second-order valence-corrected chi connectivity index (χ2v) is 8.74.